The highest BCUT2D eigenvalue weighted by atomic mass is 16.5. The number of methoxy groups -OCH3 is 1. The van der Waals surface area contributed by atoms with Crippen molar-refractivity contribution >= 4 is 11.8 Å². The van der Waals surface area contributed by atoms with E-state index in [1.165, 1.54) is 5.56 Å². The molecule has 3 rings (SSSR count). The third-order valence-corrected chi connectivity index (χ3v) is 5.79. The molecule has 2 aromatic carbocycles. The zero-order valence-corrected chi connectivity index (χ0v) is 19.7. The molecule has 0 bridgehead atoms. The van der Waals surface area contributed by atoms with Crippen LogP contribution in [0.1, 0.15) is 55.1 Å². The quantitative estimate of drug-likeness (QED) is 0.737. The van der Waals surface area contributed by atoms with E-state index in [0.717, 1.165) is 29.9 Å². The molecule has 1 saturated heterocycles. The first-order valence-corrected chi connectivity index (χ1v) is 11.1. The van der Waals surface area contributed by atoms with Crippen molar-refractivity contribution in [1.29, 1.82) is 0 Å². The van der Waals surface area contributed by atoms with Crippen molar-refractivity contribution in [2.45, 2.75) is 52.0 Å². The lowest BCUT2D eigenvalue weighted by atomic mass is 9.85. The van der Waals surface area contributed by atoms with Gasteiger partial charge in [-0.05, 0) is 61.1 Å². The minimum Gasteiger partial charge on any atom is -0.497 e. The number of likely N-dealkylation sites (tertiary alicyclic amines) is 1. The minimum absolute atomic E-state index is 0.00911. The fourth-order valence-electron chi connectivity index (χ4n) is 3.91. The van der Waals surface area contributed by atoms with Crippen molar-refractivity contribution in [3.05, 3.63) is 59.2 Å². The van der Waals surface area contributed by atoms with Crippen LogP contribution in [-0.4, -0.2) is 49.6 Å². The second kappa shape index (κ2) is 10.1. The van der Waals surface area contributed by atoms with Crippen LogP contribution in [-0.2, 0) is 10.2 Å². The molecule has 1 aliphatic rings. The molecular weight excluding hydrogens is 404 g/mol. The van der Waals surface area contributed by atoms with Crippen molar-refractivity contribution in [1.82, 2.24) is 10.2 Å². The number of carbonyl (C=O) groups is 2. The Balaban J connectivity index is 1.48. The van der Waals surface area contributed by atoms with E-state index in [4.69, 9.17) is 9.47 Å². The topological polar surface area (TPSA) is 67.9 Å². The third-order valence-electron chi connectivity index (χ3n) is 5.79. The first-order chi connectivity index (χ1) is 15.2. The van der Waals surface area contributed by atoms with Crippen LogP contribution in [0.5, 0.6) is 11.5 Å². The summed E-state index contributed by atoms with van der Waals surface area (Å²) < 4.78 is 11.0. The van der Waals surface area contributed by atoms with Crippen molar-refractivity contribution in [3.8, 4) is 11.5 Å². The van der Waals surface area contributed by atoms with E-state index >= 15 is 0 Å². The molecular formula is C26H34N2O4. The molecule has 1 N–H and O–H groups in total. The summed E-state index contributed by atoms with van der Waals surface area (Å²) in [5.74, 6) is 1.35. The molecule has 2 amide bonds. The molecule has 0 aliphatic carbocycles. The number of hydrogen-bond donors (Lipinski definition) is 1. The number of hydrogen-bond acceptors (Lipinski definition) is 4. The van der Waals surface area contributed by atoms with E-state index in [9.17, 15) is 9.59 Å². The number of nitrogens with zero attached hydrogens (tertiary/aromatic N) is 1. The van der Waals surface area contributed by atoms with Gasteiger partial charge in [-0.3, -0.25) is 9.59 Å². The molecule has 1 heterocycles. The number of benzene rings is 2. The van der Waals surface area contributed by atoms with E-state index < -0.39 is 0 Å². The lowest BCUT2D eigenvalue weighted by Crippen LogP contribution is -2.47. The number of rotatable bonds is 6. The Morgan fingerprint density at radius 3 is 2.31 bits per heavy atom. The summed E-state index contributed by atoms with van der Waals surface area (Å²) in [6.45, 7) is 9.67. The summed E-state index contributed by atoms with van der Waals surface area (Å²) >= 11 is 0. The largest absolute Gasteiger partial charge is 0.497 e. The Morgan fingerprint density at radius 1 is 1.06 bits per heavy atom. The fraction of sp³-hybridized carbons (Fsp3) is 0.462. The van der Waals surface area contributed by atoms with Gasteiger partial charge in [-0.2, -0.15) is 0 Å². The molecule has 172 valence electrons. The van der Waals surface area contributed by atoms with Gasteiger partial charge in [-0.25, -0.2) is 0 Å². The summed E-state index contributed by atoms with van der Waals surface area (Å²) in [4.78, 5) is 27.0. The summed E-state index contributed by atoms with van der Waals surface area (Å²) in [5.41, 5.74) is 2.84. The Labute approximate surface area is 190 Å². The molecule has 1 fully saturated rings. The Morgan fingerprint density at radius 2 is 1.72 bits per heavy atom. The summed E-state index contributed by atoms with van der Waals surface area (Å²) in [6.07, 6.45) is 1.46. The molecule has 0 radical (unpaired) electrons. The third kappa shape index (κ3) is 6.02. The maximum Gasteiger partial charge on any atom is 0.258 e. The molecule has 6 heteroatoms. The Bertz CT molecular complexity index is 939. The monoisotopic (exact) mass is 438 g/mol. The Kier molecular flexibility index (Phi) is 7.44. The van der Waals surface area contributed by atoms with Crippen LogP contribution in [0.15, 0.2) is 42.5 Å². The van der Waals surface area contributed by atoms with E-state index in [1.807, 2.05) is 17.0 Å². The van der Waals surface area contributed by atoms with E-state index in [1.54, 1.807) is 31.4 Å². The van der Waals surface area contributed by atoms with Gasteiger partial charge in [0.05, 0.1) is 7.11 Å². The second-order valence-electron chi connectivity index (χ2n) is 9.40. The molecule has 1 aliphatic heterocycles. The molecule has 0 saturated carbocycles. The first-order valence-electron chi connectivity index (χ1n) is 11.1. The standard InChI is InChI=1S/C26H34N2O4/c1-18-6-11-23(22(16-18)26(2,3)4)32-17-24(29)27-20-12-14-28(15-13-20)25(30)19-7-9-21(31-5)10-8-19/h6-11,16,20H,12-15,17H2,1-5H3,(H,27,29). The van der Waals surface area contributed by atoms with Gasteiger partial charge in [0, 0.05) is 24.7 Å². The van der Waals surface area contributed by atoms with Gasteiger partial charge >= 0.3 is 0 Å². The summed E-state index contributed by atoms with van der Waals surface area (Å²) in [6, 6.07) is 13.2. The predicted octanol–water partition coefficient (Wildman–Crippen LogP) is 4.10. The van der Waals surface area contributed by atoms with Gasteiger partial charge in [-0.1, -0.05) is 38.5 Å². The summed E-state index contributed by atoms with van der Waals surface area (Å²) in [5, 5.41) is 3.05. The SMILES string of the molecule is COc1ccc(C(=O)N2CCC(NC(=O)COc3ccc(C)cc3C(C)(C)C)CC2)cc1. The number of aryl methyl sites for hydroxylation is 1. The van der Waals surface area contributed by atoms with Gasteiger partial charge < -0.3 is 19.7 Å². The van der Waals surface area contributed by atoms with Crippen LogP contribution >= 0.6 is 0 Å². The van der Waals surface area contributed by atoms with Crippen LogP contribution in [0.4, 0.5) is 0 Å². The molecule has 32 heavy (non-hydrogen) atoms. The Hall–Kier alpha value is -3.02. The predicted molar refractivity (Wildman–Crippen MR) is 125 cm³/mol. The van der Waals surface area contributed by atoms with Crippen molar-refractivity contribution in [2.75, 3.05) is 26.8 Å². The van der Waals surface area contributed by atoms with Crippen LogP contribution in [0.25, 0.3) is 0 Å². The number of amides is 2. The van der Waals surface area contributed by atoms with E-state index in [0.29, 0.717) is 18.7 Å². The fourth-order valence-corrected chi connectivity index (χ4v) is 3.91. The smallest absolute Gasteiger partial charge is 0.258 e. The average Bonchev–Trinajstić information content (AvgIpc) is 2.77. The normalized spacial score (nSPS) is 14.7. The highest BCUT2D eigenvalue weighted by Crippen LogP contribution is 2.32. The van der Waals surface area contributed by atoms with Gasteiger partial charge in [-0.15, -0.1) is 0 Å². The molecule has 0 aromatic heterocycles. The zero-order valence-electron chi connectivity index (χ0n) is 19.7. The van der Waals surface area contributed by atoms with Crippen LogP contribution in [0.2, 0.25) is 0 Å². The van der Waals surface area contributed by atoms with Crippen molar-refractivity contribution in [3.63, 3.8) is 0 Å². The highest BCUT2D eigenvalue weighted by molar-refractivity contribution is 5.94. The molecule has 0 unspecified atom stereocenters. The first kappa shape index (κ1) is 23.6. The number of nitrogens with one attached hydrogen (secondary N) is 1. The second-order valence-corrected chi connectivity index (χ2v) is 9.40. The van der Waals surface area contributed by atoms with Gasteiger partial charge in [0.2, 0.25) is 0 Å². The van der Waals surface area contributed by atoms with Crippen LogP contribution in [0, 0.1) is 6.92 Å². The van der Waals surface area contributed by atoms with Crippen molar-refractivity contribution in [2.24, 2.45) is 0 Å². The highest BCUT2D eigenvalue weighted by Gasteiger charge is 2.25. The molecule has 2 aromatic rings. The van der Waals surface area contributed by atoms with E-state index in [-0.39, 0.29) is 29.9 Å². The number of piperidine rings is 1. The number of ether oxygens (including phenoxy) is 2. The van der Waals surface area contributed by atoms with E-state index in [2.05, 4.69) is 39.1 Å². The lowest BCUT2D eigenvalue weighted by Gasteiger charge is -2.32. The maximum atomic E-state index is 12.7. The number of carbonyl (C=O) groups excluding carboxylic acids is 2. The van der Waals surface area contributed by atoms with Gasteiger partial charge in [0.15, 0.2) is 6.61 Å². The average molecular weight is 439 g/mol. The molecule has 0 spiro atoms. The molecule has 6 nitrogen and oxygen atoms in total. The molecule has 0 atom stereocenters. The summed E-state index contributed by atoms with van der Waals surface area (Å²) in [7, 11) is 1.60. The van der Waals surface area contributed by atoms with Crippen LogP contribution < -0.4 is 14.8 Å². The van der Waals surface area contributed by atoms with Gasteiger partial charge in [0.1, 0.15) is 11.5 Å². The zero-order chi connectivity index (χ0) is 23.3. The van der Waals surface area contributed by atoms with Crippen molar-refractivity contribution < 1.29 is 19.1 Å². The lowest BCUT2D eigenvalue weighted by molar-refractivity contribution is -0.124. The van der Waals surface area contributed by atoms with Gasteiger partial charge in [0.25, 0.3) is 11.8 Å². The minimum atomic E-state index is -0.134. The maximum absolute atomic E-state index is 12.7. The van der Waals surface area contributed by atoms with Crippen LogP contribution in [0.3, 0.4) is 0 Å².